The fourth-order valence-corrected chi connectivity index (χ4v) is 1.79. The highest BCUT2D eigenvalue weighted by Crippen LogP contribution is 2.18. The maximum atomic E-state index is 8.74. The van der Waals surface area contributed by atoms with Crippen LogP contribution in [0.15, 0.2) is 29.3 Å². The lowest BCUT2D eigenvalue weighted by molar-refractivity contribution is 0.506. The Balaban J connectivity index is 2.83. The molecule has 0 aliphatic carbocycles. The van der Waals surface area contributed by atoms with Crippen LogP contribution in [0.2, 0.25) is 0 Å². The van der Waals surface area contributed by atoms with Crippen molar-refractivity contribution in [2.24, 2.45) is 4.99 Å². The SMILES string of the molecule is CCC(C)(C)N=C(Nc1ccc(C#N)cc1)SC. The van der Waals surface area contributed by atoms with E-state index in [0.29, 0.717) is 5.56 Å². The molecular formula is C14H19N3S. The van der Waals surface area contributed by atoms with Gasteiger partial charge in [0.1, 0.15) is 0 Å². The van der Waals surface area contributed by atoms with Crippen LogP contribution in [0.4, 0.5) is 5.69 Å². The number of thioether (sulfide) groups is 1. The molecular weight excluding hydrogens is 242 g/mol. The molecule has 1 aromatic rings. The van der Waals surface area contributed by atoms with Gasteiger partial charge in [0.05, 0.1) is 17.2 Å². The van der Waals surface area contributed by atoms with Gasteiger partial charge >= 0.3 is 0 Å². The lowest BCUT2D eigenvalue weighted by atomic mass is 10.0. The average molecular weight is 261 g/mol. The Morgan fingerprint density at radius 2 is 2.00 bits per heavy atom. The molecule has 0 saturated heterocycles. The second-order valence-corrected chi connectivity index (χ2v) is 5.40. The molecule has 0 unspecified atom stereocenters. The molecule has 1 rings (SSSR count). The highest BCUT2D eigenvalue weighted by molar-refractivity contribution is 8.13. The number of hydrogen-bond acceptors (Lipinski definition) is 3. The first-order valence-electron chi connectivity index (χ1n) is 5.92. The normalized spacial score (nSPS) is 12.1. The maximum absolute atomic E-state index is 8.74. The van der Waals surface area contributed by atoms with Crippen LogP contribution in [0, 0.1) is 11.3 Å². The standard InChI is InChI=1S/C14H19N3S/c1-5-14(2,3)17-13(18-4)16-12-8-6-11(10-15)7-9-12/h6-9H,5H2,1-4H3,(H,16,17). The minimum Gasteiger partial charge on any atom is -0.335 e. The number of aliphatic imine (C=N–C) groups is 1. The largest absolute Gasteiger partial charge is 0.335 e. The molecule has 0 radical (unpaired) electrons. The van der Waals surface area contributed by atoms with Gasteiger partial charge in [-0.2, -0.15) is 5.26 Å². The van der Waals surface area contributed by atoms with E-state index < -0.39 is 0 Å². The van der Waals surface area contributed by atoms with E-state index in [4.69, 9.17) is 5.26 Å². The van der Waals surface area contributed by atoms with Gasteiger partial charge in [0.2, 0.25) is 0 Å². The van der Waals surface area contributed by atoms with E-state index in [1.165, 1.54) is 0 Å². The van der Waals surface area contributed by atoms with Gasteiger partial charge in [-0.25, -0.2) is 0 Å². The van der Waals surface area contributed by atoms with Crippen molar-refractivity contribution in [3.8, 4) is 6.07 Å². The van der Waals surface area contributed by atoms with Crippen LogP contribution < -0.4 is 5.32 Å². The number of hydrogen-bond donors (Lipinski definition) is 1. The van der Waals surface area contributed by atoms with E-state index in [9.17, 15) is 0 Å². The first-order chi connectivity index (χ1) is 8.50. The minimum absolute atomic E-state index is 0.0576. The molecule has 0 aliphatic heterocycles. The second-order valence-electron chi connectivity index (χ2n) is 4.60. The predicted octanol–water partition coefficient (Wildman–Crippen LogP) is 3.88. The van der Waals surface area contributed by atoms with E-state index in [1.54, 1.807) is 23.9 Å². The summed E-state index contributed by atoms with van der Waals surface area (Å²) in [6.45, 7) is 6.36. The van der Waals surface area contributed by atoms with Gasteiger partial charge in [-0.1, -0.05) is 18.7 Å². The number of nitrogens with one attached hydrogen (secondary N) is 1. The molecule has 0 fully saturated rings. The van der Waals surface area contributed by atoms with Crippen molar-refractivity contribution >= 4 is 22.6 Å². The van der Waals surface area contributed by atoms with E-state index in [1.807, 2.05) is 18.4 Å². The monoisotopic (exact) mass is 261 g/mol. The highest BCUT2D eigenvalue weighted by atomic mass is 32.2. The van der Waals surface area contributed by atoms with Gasteiger partial charge in [-0.3, -0.25) is 4.99 Å². The van der Waals surface area contributed by atoms with Crippen molar-refractivity contribution in [1.29, 1.82) is 5.26 Å². The molecule has 4 heteroatoms. The Kier molecular flexibility index (Phi) is 5.24. The summed E-state index contributed by atoms with van der Waals surface area (Å²) in [6, 6.07) is 9.48. The third-order valence-corrected chi connectivity index (χ3v) is 3.31. The van der Waals surface area contributed by atoms with Crippen molar-refractivity contribution in [1.82, 2.24) is 0 Å². The summed E-state index contributed by atoms with van der Waals surface area (Å²) >= 11 is 1.59. The fraction of sp³-hybridized carbons (Fsp3) is 0.429. The molecule has 0 atom stereocenters. The zero-order valence-electron chi connectivity index (χ0n) is 11.3. The Hall–Kier alpha value is -1.47. The molecule has 0 aliphatic rings. The number of benzene rings is 1. The van der Waals surface area contributed by atoms with Crippen LogP contribution in [0.25, 0.3) is 0 Å². The highest BCUT2D eigenvalue weighted by Gasteiger charge is 2.14. The Labute approximate surface area is 113 Å². The van der Waals surface area contributed by atoms with Crippen LogP contribution in [-0.2, 0) is 0 Å². The number of rotatable bonds is 3. The quantitative estimate of drug-likeness (QED) is 0.663. The maximum Gasteiger partial charge on any atom is 0.161 e. The number of nitriles is 1. The molecule has 1 aromatic carbocycles. The predicted molar refractivity (Wildman–Crippen MR) is 80.1 cm³/mol. The molecule has 18 heavy (non-hydrogen) atoms. The van der Waals surface area contributed by atoms with Crippen molar-refractivity contribution in [2.75, 3.05) is 11.6 Å². The summed E-state index contributed by atoms with van der Waals surface area (Å²) in [7, 11) is 0. The smallest absolute Gasteiger partial charge is 0.161 e. The summed E-state index contributed by atoms with van der Waals surface area (Å²) in [4.78, 5) is 4.69. The van der Waals surface area contributed by atoms with Gasteiger partial charge < -0.3 is 5.32 Å². The van der Waals surface area contributed by atoms with Crippen LogP contribution in [0.5, 0.6) is 0 Å². The fourth-order valence-electron chi connectivity index (χ4n) is 1.23. The molecule has 0 amide bonds. The minimum atomic E-state index is -0.0576. The lowest BCUT2D eigenvalue weighted by Crippen LogP contribution is -2.20. The van der Waals surface area contributed by atoms with Crippen molar-refractivity contribution in [2.45, 2.75) is 32.7 Å². The molecule has 3 nitrogen and oxygen atoms in total. The van der Waals surface area contributed by atoms with Gasteiger partial charge in [0, 0.05) is 5.69 Å². The molecule has 0 heterocycles. The summed E-state index contributed by atoms with van der Waals surface area (Å²) in [5, 5.41) is 12.9. The van der Waals surface area contributed by atoms with Crippen LogP contribution in [-0.4, -0.2) is 17.0 Å². The van der Waals surface area contributed by atoms with Gasteiger partial charge in [0.25, 0.3) is 0 Å². The van der Waals surface area contributed by atoms with Crippen molar-refractivity contribution in [3.63, 3.8) is 0 Å². The van der Waals surface area contributed by atoms with E-state index in [0.717, 1.165) is 17.3 Å². The molecule has 0 saturated carbocycles. The van der Waals surface area contributed by atoms with Gasteiger partial charge in [-0.15, -0.1) is 0 Å². The number of nitrogens with zero attached hydrogens (tertiary/aromatic N) is 2. The number of amidine groups is 1. The summed E-state index contributed by atoms with van der Waals surface area (Å²) in [5.41, 5.74) is 1.56. The molecule has 96 valence electrons. The zero-order valence-corrected chi connectivity index (χ0v) is 12.1. The third-order valence-electron chi connectivity index (χ3n) is 2.73. The first-order valence-corrected chi connectivity index (χ1v) is 7.14. The molecule has 0 bridgehead atoms. The van der Waals surface area contributed by atoms with E-state index in [2.05, 4.69) is 37.1 Å². The average Bonchev–Trinajstić information content (AvgIpc) is 2.38. The number of anilines is 1. The topological polar surface area (TPSA) is 48.2 Å². The molecule has 0 aromatic heterocycles. The molecule has 0 spiro atoms. The Morgan fingerprint density at radius 1 is 1.39 bits per heavy atom. The summed E-state index contributed by atoms with van der Waals surface area (Å²) in [5.74, 6) is 0. The van der Waals surface area contributed by atoms with Crippen molar-refractivity contribution < 1.29 is 0 Å². The second kappa shape index (κ2) is 6.46. The van der Waals surface area contributed by atoms with E-state index in [-0.39, 0.29) is 5.54 Å². The van der Waals surface area contributed by atoms with Crippen LogP contribution >= 0.6 is 11.8 Å². The van der Waals surface area contributed by atoms with Gasteiger partial charge in [-0.05, 0) is 50.8 Å². The third kappa shape index (κ3) is 4.42. The Morgan fingerprint density at radius 3 is 2.44 bits per heavy atom. The lowest BCUT2D eigenvalue weighted by Gasteiger charge is -2.19. The summed E-state index contributed by atoms with van der Waals surface area (Å²) < 4.78 is 0. The zero-order chi connectivity index (χ0) is 13.6. The Bertz CT molecular complexity index is 455. The molecule has 1 N–H and O–H groups in total. The summed E-state index contributed by atoms with van der Waals surface area (Å²) in [6.07, 6.45) is 2.99. The van der Waals surface area contributed by atoms with Crippen LogP contribution in [0.3, 0.4) is 0 Å². The van der Waals surface area contributed by atoms with Crippen molar-refractivity contribution in [3.05, 3.63) is 29.8 Å². The van der Waals surface area contributed by atoms with E-state index >= 15 is 0 Å². The van der Waals surface area contributed by atoms with Crippen LogP contribution in [0.1, 0.15) is 32.8 Å². The first kappa shape index (κ1) is 14.6. The van der Waals surface area contributed by atoms with Gasteiger partial charge in [0.15, 0.2) is 5.17 Å².